The largest absolute Gasteiger partial charge is 0.492 e. The van der Waals surface area contributed by atoms with E-state index in [9.17, 15) is 9.59 Å². The van der Waals surface area contributed by atoms with Crippen molar-refractivity contribution < 1.29 is 19.1 Å². The minimum absolute atomic E-state index is 0.0512. The summed E-state index contributed by atoms with van der Waals surface area (Å²) in [6.07, 6.45) is 0. The third-order valence-electron chi connectivity index (χ3n) is 4.36. The van der Waals surface area contributed by atoms with E-state index in [1.54, 1.807) is 11.4 Å². The average molecular weight is 404 g/mol. The van der Waals surface area contributed by atoms with Crippen LogP contribution in [0.1, 0.15) is 15.9 Å². The van der Waals surface area contributed by atoms with Crippen LogP contribution in [0.5, 0.6) is 5.75 Å². The van der Waals surface area contributed by atoms with Gasteiger partial charge in [0.1, 0.15) is 12.4 Å². The molecule has 0 spiro atoms. The van der Waals surface area contributed by atoms with Gasteiger partial charge in [-0.05, 0) is 29.1 Å². The molecule has 1 aromatic heterocycles. The Kier molecular flexibility index (Phi) is 7.83. The molecule has 7 nitrogen and oxygen atoms in total. The maximum Gasteiger partial charge on any atom is 0.252 e. The first-order chi connectivity index (χ1) is 13.7. The molecule has 1 aliphatic rings. The molecule has 1 aromatic carbocycles. The Bertz CT molecular complexity index is 761. The number of hydrogen-bond donors (Lipinski definition) is 2. The SMILES string of the molecule is O=C(CNC(=O)c1ccsc1)NCc1cccc(OCCN2CCOCC2)c1. The highest BCUT2D eigenvalue weighted by Gasteiger charge is 2.10. The molecule has 0 radical (unpaired) electrons. The molecule has 2 heterocycles. The van der Waals surface area contributed by atoms with Gasteiger partial charge in [-0.15, -0.1) is 0 Å². The molecule has 1 saturated heterocycles. The lowest BCUT2D eigenvalue weighted by molar-refractivity contribution is -0.120. The smallest absolute Gasteiger partial charge is 0.252 e. The van der Waals surface area contributed by atoms with Gasteiger partial charge in [0.05, 0.1) is 19.8 Å². The molecule has 1 fully saturated rings. The van der Waals surface area contributed by atoms with Crippen LogP contribution in [0.2, 0.25) is 0 Å². The van der Waals surface area contributed by atoms with E-state index in [-0.39, 0.29) is 18.4 Å². The molecule has 150 valence electrons. The van der Waals surface area contributed by atoms with E-state index < -0.39 is 0 Å². The zero-order chi connectivity index (χ0) is 19.6. The highest BCUT2D eigenvalue weighted by atomic mass is 32.1. The Morgan fingerprint density at radius 2 is 2.04 bits per heavy atom. The molecule has 0 unspecified atom stereocenters. The van der Waals surface area contributed by atoms with Crippen LogP contribution in [0.4, 0.5) is 0 Å². The molecule has 2 amide bonds. The number of nitrogens with zero attached hydrogens (tertiary/aromatic N) is 1. The molecule has 0 aliphatic carbocycles. The normalized spacial score (nSPS) is 14.4. The van der Waals surface area contributed by atoms with Crippen molar-refractivity contribution in [2.45, 2.75) is 6.54 Å². The Balaban J connectivity index is 1.36. The van der Waals surface area contributed by atoms with Crippen LogP contribution in [-0.4, -0.2) is 62.7 Å². The first-order valence-corrected chi connectivity index (χ1v) is 10.2. The van der Waals surface area contributed by atoms with Crippen LogP contribution < -0.4 is 15.4 Å². The van der Waals surface area contributed by atoms with Crippen molar-refractivity contribution in [3.05, 3.63) is 52.2 Å². The summed E-state index contributed by atoms with van der Waals surface area (Å²) in [7, 11) is 0. The minimum Gasteiger partial charge on any atom is -0.492 e. The first kappa shape index (κ1) is 20.3. The molecular formula is C20H25N3O4S. The van der Waals surface area contributed by atoms with Crippen molar-refractivity contribution in [2.75, 3.05) is 46.0 Å². The monoisotopic (exact) mass is 403 g/mol. The van der Waals surface area contributed by atoms with Gasteiger partial charge in [-0.1, -0.05) is 12.1 Å². The Hall–Kier alpha value is -2.42. The number of rotatable bonds is 9. The summed E-state index contributed by atoms with van der Waals surface area (Å²) in [6.45, 7) is 5.26. The fourth-order valence-electron chi connectivity index (χ4n) is 2.78. The number of benzene rings is 1. The predicted octanol–water partition coefficient (Wildman–Crippen LogP) is 1.51. The molecule has 0 bridgehead atoms. The van der Waals surface area contributed by atoms with Gasteiger partial charge < -0.3 is 20.1 Å². The van der Waals surface area contributed by atoms with Gasteiger partial charge in [-0.25, -0.2) is 0 Å². The number of carbonyl (C=O) groups is 2. The number of amides is 2. The second-order valence-electron chi connectivity index (χ2n) is 6.42. The number of carbonyl (C=O) groups excluding carboxylic acids is 2. The molecule has 1 aliphatic heterocycles. The summed E-state index contributed by atoms with van der Waals surface area (Å²) in [5.41, 5.74) is 1.51. The predicted molar refractivity (Wildman–Crippen MR) is 108 cm³/mol. The van der Waals surface area contributed by atoms with Crippen LogP contribution in [0, 0.1) is 0 Å². The Labute approximate surface area is 168 Å². The van der Waals surface area contributed by atoms with Crippen LogP contribution >= 0.6 is 11.3 Å². The fraction of sp³-hybridized carbons (Fsp3) is 0.400. The number of hydrogen-bond acceptors (Lipinski definition) is 6. The summed E-state index contributed by atoms with van der Waals surface area (Å²) in [5.74, 6) is 0.306. The maximum atomic E-state index is 12.0. The summed E-state index contributed by atoms with van der Waals surface area (Å²) in [6, 6.07) is 9.39. The van der Waals surface area contributed by atoms with Gasteiger partial charge in [-0.2, -0.15) is 11.3 Å². The number of thiophene rings is 1. The van der Waals surface area contributed by atoms with E-state index in [0.717, 1.165) is 44.2 Å². The van der Waals surface area contributed by atoms with Crippen molar-refractivity contribution in [1.29, 1.82) is 0 Å². The lowest BCUT2D eigenvalue weighted by Gasteiger charge is -2.26. The van der Waals surface area contributed by atoms with E-state index in [2.05, 4.69) is 15.5 Å². The van der Waals surface area contributed by atoms with Crippen LogP contribution in [-0.2, 0) is 16.1 Å². The quantitative estimate of drug-likeness (QED) is 0.663. The van der Waals surface area contributed by atoms with E-state index in [0.29, 0.717) is 18.7 Å². The summed E-state index contributed by atoms with van der Waals surface area (Å²) in [4.78, 5) is 26.1. The lowest BCUT2D eigenvalue weighted by atomic mass is 10.2. The summed E-state index contributed by atoms with van der Waals surface area (Å²) < 4.78 is 11.2. The van der Waals surface area contributed by atoms with E-state index in [1.165, 1.54) is 11.3 Å². The van der Waals surface area contributed by atoms with E-state index in [1.807, 2.05) is 29.6 Å². The number of ether oxygens (including phenoxy) is 2. The van der Waals surface area contributed by atoms with Gasteiger partial charge in [0.2, 0.25) is 5.91 Å². The fourth-order valence-corrected chi connectivity index (χ4v) is 3.42. The first-order valence-electron chi connectivity index (χ1n) is 9.29. The highest BCUT2D eigenvalue weighted by molar-refractivity contribution is 7.08. The summed E-state index contributed by atoms with van der Waals surface area (Å²) in [5, 5.41) is 8.99. The highest BCUT2D eigenvalue weighted by Crippen LogP contribution is 2.13. The van der Waals surface area contributed by atoms with Crippen molar-refractivity contribution in [1.82, 2.24) is 15.5 Å². The van der Waals surface area contributed by atoms with Crippen LogP contribution in [0.25, 0.3) is 0 Å². The molecule has 3 rings (SSSR count). The maximum absolute atomic E-state index is 12.0. The number of morpholine rings is 1. The second kappa shape index (κ2) is 10.8. The zero-order valence-electron chi connectivity index (χ0n) is 15.7. The molecular weight excluding hydrogens is 378 g/mol. The lowest BCUT2D eigenvalue weighted by Crippen LogP contribution is -2.38. The topological polar surface area (TPSA) is 79.9 Å². The van der Waals surface area contributed by atoms with Crippen molar-refractivity contribution in [3.8, 4) is 5.75 Å². The third-order valence-corrected chi connectivity index (χ3v) is 5.04. The Morgan fingerprint density at radius 1 is 1.18 bits per heavy atom. The molecule has 8 heteroatoms. The van der Waals surface area contributed by atoms with Crippen LogP contribution in [0.15, 0.2) is 41.1 Å². The molecule has 2 aromatic rings. The van der Waals surface area contributed by atoms with E-state index >= 15 is 0 Å². The van der Waals surface area contributed by atoms with Gasteiger partial charge in [0.15, 0.2) is 0 Å². The van der Waals surface area contributed by atoms with E-state index in [4.69, 9.17) is 9.47 Å². The second-order valence-corrected chi connectivity index (χ2v) is 7.20. The van der Waals surface area contributed by atoms with Crippen LogP contribution in [0.3, 0.4) is 0 Å². The summed E-state index contributed by atoms with van der Waals surface area (Å²) >= 11 is 1.44. The van der Waals surface area contributed by atoms with Gasteiger partial charge >= 0.3 is 0 Å². The molecule has 0 saturated carbocycles. The third kappa shape index (κ3) is 6.63. The van der Waals surface area contributed by atoms with Gasteiger partial charge in [0.25, 0.3) is 5.91 Å². The average Bonchev–Trinajstić information content (AvgIpc) is 3.27. The molecule has 2 N–H and O–H groups in total. The van der Waals surface area contributed by atoms with Crippen molar-refractivity contribution >= 4 is 23.2 Å². The Morgan fingerprint density at radius 3 is 2.82 bits per heavy atom. The standard InChI is InChI=1S/C20H25N3O4S/c24-19(14-22-20(25)17-4-11-28-15-17)21-13-16-2-1-3-18(12-16)27-10-7-23-5-8-26-9-6-23/h1-4,11-12,15H,5-10,13-14H2,(H,21,24)(H,22,25). The van der Waals surface area contributed by atoms with Gasteiger partial charge in [0, 0.05) is 37.1 Å². The van der Waals surface area contributed by atoms with Crippen molar-refractivity contribution in [3.63, 3.8) is 0 Å². The molecule has 0 atom stereocenters. The number of nitrogens with one attached hydrogen (secondary N) is 2. The zero-order valence-corrected chi connectivity index (χ0v) is 16.5. The van der Waals surface area contributed by atoms with Gasteiger partial charge in [-0.3, -0.25) is 14.5 Å². The van der Waals surface area contributed by atoms with Crippen molar-refractivity contribution in [2.24, 2.45) is 0 Å². The minimum atomic E-state index is -0.243. The molecule has 28 heavy (non-hydrogen) atoms.